The van der Waals surface area contributed by atoms with E-state index in [0.29, 0.717) is 5.03 Å². The third-order valence-corrected chi connectivity index (χ3v) is 5.14. The number of hydrogen-bond donors (Lipinski definition) is 0. The molecule has 1 aromatic carbocycles. The third kappa shape index (κ3) is 6.10. The highest BCUT2D eigenvalue weighted by atomic mass is 32.2. The molecule has 0 saturated carbocycles. The van der Waals surface area contributed by atoms with E-state index in [-0.39, 0.29) is 54.9 Å². The number of esters is 2. The van der Waals surface area contributed by atoms with Crippen LogP contribution in [0.3, 0.4) is 0 Å². The molecule has 0 aromatic heterocycles. The summed E-state index contributed by atoms with van der Waals surface area (Å²) in [5.74, 6) is -1.16. The van der Waals surface area contributed by atoms with Crippen LogP contribution in [0.2, 0.25) is 0 Å². The molecule has 11 nitrogen and oxygen atoms in total. The first kappa shape index (κ1) is 24.0. The Labute approximate surface area is 182 Å². The van der Waals surface area contributed by atoms with Gasteiger partial charge in [0.2, 0.25) is 5.91 Å². The van der Waals surface area contributed by atoms with E-state index >= 15 is 0 Å². The smallest absolute Gasteiger partial charge is 0.345 e. The number of ether oxygens (including phenoxy) is 4. The molecule has 12 heteroatoms. The van der Waals surface area contributed by atoms with Gasteiger partial charge in [0.25, 0.3) is 5.69 Å². The van der Waals surface area contributed by atoms with Gasteiger partial charge in [-0.1, -0.05) is 11.8 Å². The molecule has 0 radical (unpaired) electrons. The number of benzene rings is 1. The Hall–Kier alpha value is -3.28. The lowest BCUT2D eigenvalue weighted by atomic mass is 10.1. The number of rotatable bonds is 10. The van der Waals surface area contributed by atoms with E-state index in [4.69, 9.17) is 14.2 Å². The van der Waals surface area contributed by atoms with Crippen molar-refractivity contribution in [2.75, 3.05) is 39.7 Å². The number of nitro benzene ring substituents is 1. The maximum Gasteiger partial charge on any atom is 0.345 e. The number of nitrogens with zero attached hydrogens (tertiary/aromatic N) is 2. The summed E-state index contributed by atoms with van der Waals surface area (Å²) in [7, 11) is 2.57. The lowest BCUT2D eigenvalue weighted by molar-refractivity contribution is -0.385. The summed E-state index contributed by atoms with van der Waals surface area (Å²) in [5.41, 5.74) is -0.743. The predicted molar refractivity (Wildman–Crippen MR) is 110 cm³/mol. The van der Waals surface area contributed by atoms with Crippen LogP contribution in [-0.4, -0.2) is 67.4 Å². The van der Waals surface area contributed by atoms with Crippen molar-refractivity contribution in [1.29, 1.82) is 0 Å². The molecule has 1 heterocycles. The Morgan fingerprint density at radius 1 is 1.29 bits per heavy atom. The van der Waals surface area contributed by atoms with Gasteiger partial charge in [0, 0.05) is 12.6 Å². The molecule has 0 N–H and O–H groups in total. The van der Waals surface area contributed by atoms with Gasteiger partial charge in [-0.05, 0) is 13.3 Å². The topological polar surface area (TPSA) is 135 Å². The molecule has 0 atom stereocenters. The summed E-state index contributed by atoms with van der Waals surface area (Å²) >= 11 is 1.21. The van der Waals surface area contributed by atoms with Gasteiger partial charge in [-0.25, -0.2) is 9.59 Å². The van der Waals surface area contributed by atoms with Gasteiger partial charge in [-0.15, -0.1) is 0 Å². The van der Waals surface area contributed by atoms with Crippen LogP contribution in [0, 0.1) is 10.1 Å². The molecule has 0 spiro atoms. The molecular weight excluding hydrogens is 432 g/mol. The fourth-order valence-corrected chi connectivity index (χ4v) is 3.64. The van der Waals surface area contributed by atoms with Crippen molar-refractivity contribution in [3.05, 3.63) is 38.9 Å². The number of amides is 1. The second-order valence-corrected chi connectivity index (χ2v) is 7.04. The fourth-order valence-electron chi connectivity index (χ4n) is 2.69. The predicted octanol–water partition coefficient (Wildman–Crippen LogP) is 2.14. The SMILES string of the molecule is CCOc1cc(C(=O)OCCCN2C(=O)CS/C2=C\C(=O)OC)c([N+](=O)[O-])cc1OC. The standard InChI is InChI=1S/C19H22N2O9S/c1-4-29-15-8-12(13(21(25)26)9-14(15)27-2)19(24)30-7-5-6-20-16(22)11-31-17(20)10-18(23)28-3/h8-10H,4-7,11H2,1-3H3/b17-10-. The van der Waals surface area contributed by atoms with Crippen molar-refractivity contribution in [3.8, 4) is 11.5 Å². The van der Waals surface area contributed by atoms with Crippen LogP contribution < -0.4 is 9.47 Å². The molecule has 1 saturated heterocycles. The number of thioether (sulfide) groups is 1. The van der Waals surface area contributed by atoms with Gasteiger partial charge in [-0.2, -0.15) is 0 Å². The van der Waals surface area contributed by atoms with Crippen molar-refractivity contribution < 1.29 is 38.3 Å². The summed E-state index contributed by atoms with van der Waals surface area (Å²) in [5, 5.41) is 11.8. The highest BCUT2D eigenvalue weighted by molar-refractivity contribution is 8.04. The van der Waals surface area contributed by atoms with Crippen LogP contribution >= 0.6 is 11.8 Å². The second kappa shape index (κ2) is 11.2. The Kier molecular flexibility index (Phi) is 8.67. The molecule has 0 aliphatic carbocycles. The number of methoxy groups -OCH3 is 2. The van der Waals surface area contributed by atoms with E-state index in [1.165, 1.54) is 43.0 Å². The zero-order valence-electron chi connectivity index (χ0n) is 17.2. The molecule has 31 heavy (non-hydrogen) atoms. The first-order valence-corrected chi connectivity index (χ1v) is 10.2. The van der Waals surface area contributed by atoms with E-state index < -0.39 is 22.5 Å². The van der Waals surface area contributed by atoms with Crippen LogP contribution in [0.25, 0.3) is 0 Å². The third-order valence-electron chi connectivity index (χ3n) is 4.11. The normalized spacial score (nSPS) is 14.5. The van der Waals surface area contributed by atoms with E-state index in [1.807, 2.05) is 0 Å². The van der Waals surface area contributed by atoms with Crippen LogP contribution in [0.5, 0.6) is 11.5 Å². The minimum atomic E-state index is -0.900. The average Bonchev–Trinajstić information content (AvgIpc) is 3.09. The summed E-state index contributed by atoms with van der Waals surface area (Å²) in [6, 6.07) is 2.31. The Morgan fingerprint density at radius 3 is 2.65 bits per heavy atom. The molecule has 2 rings (SSSR count). The molecule has 1 fully saturated rings. The first-order valence-electron chi connectivity index (χ1n) is 9.21. The van der Waals surface area contributed by atoms with Gasteiger partial charge in [0.1, 0.15) is 5.56 Å². The maximum absolute atomic E-state index is 12.5. The minimum Gasteiger partial charge on any atom is -0.493 e. The molecule has 1 aliphatic rings. The second-order valence-electron chi connectivity index (χ2n) is 6.04. The summed E-state index contributed by atoms with van der Waals surface area (Å²) < 4.78 is 20.2. The Bertz CT molecular complexity index is 901. The van der Waals surface area contributed by atoms with Crippen molar-refractivity contribution >= 4 is 35.3 Å². The molecule has 0 unspecified atom stereocenters. The quantitative estimate of drug-likeness (QED) is 0.170. The van der Waals surface area contributed by atoms with E-state index in [1.54, 1.807) is 6.92 Å². The van der Waals surface area contributed by atoms with E-state index in [0.717, 1.165) is 6.07 Å². The van der Waals surface area contributed by atoms with Crippen molar-refractivity contribution in [1.82, 2.24) is 4.90 Å². The Balaban J connectivity index is 2.04. The van der Waals surface area contributed by atoms with Crippen LogP contribution in [0.4, 0.5) is 5.69 Å². The molecule has 1 amide bonds. The highest BCUT2D eigenvalue weighted by Gasteiger charge is 2.28. The zero-order valence-corrected chi connectivity index (χ0v) is 18.1. The van der Waals surface area contributed by atoms with Gasteiger partial charge < -0.3 is 23.8 Å². The minimum absolute atomic E-state index is 0.0913. The average molecular weight is 454 g/mol. The number of carbonyl (C=O) groups is 3. The van der Waals surface area contributed by atoms with E-state index in [2.05, 4.69) is 4.74 Å². The molecule has 168 valence electrons. The summed E-state index contributed by atoms with van der Waals surface area (Å²) in [6.45, 7) is 2.11. The number of carbonyl (C=O) groups excluding carboxylic acids is 3. The lowest BCUT2D eigenvalue weighted by Gasteiger charge is -2.16. The van der Waals surface area contributed by atoms with Gasteiger partial charge >= 0.3 is 11.9 Å². The van der Waals surface area contributed by atoms with E-state index in [9.17, 15) is 24.5 Å². The Morgan fingerprint density at radius 2 is 2.03 bits per heavy atom. The van der Waals surface area contributed by atoms with Crippen molar-refractivity contribution in [2.45, 2.75) is 13.3 Å². The van der Waals surface area contributed by atoms with Crippen LogP contribution in [0.15, 0.2) is 23.2 Å². The molecular formula is C19H22N2O9S. The molecule has 1 aromatic rings. The van der Waals surface area contributed by atoms with Crippen LogP contribution in [0.1, 0.15) is 23.7 Å². The van der Waals surface area contributed by atoms with Gasteiger partial charge in [0.15, 0.2) is 11.5 Å². The largest absolute Gasteiger partial charge is 0.493 e. The van der Waals surface area contributed by atoms with Gasteiger partial charge in [0.05, 0.1) is 55.3 Å². The molecule has 0 bridgehead atoms. The fraction of sp³-hybridized carbons (Fsp3) is 0.421. The maximum atomic E-state index is 12.5. The summed E-state index contributed by atoms with van der Waals surface area (Å²) in [6.07, 6.45) is 1.48. The van der Waals surface area contributed by atoms with Crippen molar-refractivity contribution in [2.24, 2.45) is 0 Å². The lowest BCUT2D eigenvalue weighted by Crippen LogP contribution is -2.27. The first-order chi connectivity index (χ1) is 14.8. The van der Waals surface area contributed by atoms with Crippen molar-refractivity contribution in [3.63, 3.8) is 0 Å². The zero-order chi connectivity index (χ0) is 23.0. The highest BCUT2D eigenvalue weighted by Crippen LogP contribution is 2.35. The monoisotopic (exact) mass is 454 g/mol. The van der Waals surface area contributed by atoms with Crippen LogP contribution in [-0.2, 0) is 19.1 Å². The number of nitro groups is 1. The number of hydrogen-bond acceptors (Lipinski definition) is 10. The summed E-state index contributed by atoms with van der Waals surface area (Å²) in [4.78, 5) is 47.9. The molecule has 1 aliphatic heterocycles. The van der Waals surface area contributed by atoms with Gasteiger partial charge in [-0.3, -0.25) is 14.9 Å².